The highest BCUT2D eigenvalue weighted by atomic mass is 32.2. The van der Waals surface area contributed by atoms with Gasteiger partial charge in [0.25, 0.3) is 0 Å². The van der Waals surface area contributed by atoms with Crippen LogP contribution in [0.4, 0.5) is 4.79 Å². The first-order valence-electron chi connectivity index (χ1n) is 10.2. The number of amides is 2. The Morgan fingerprint density at radius 1 is 1.35 bits per heavy atom. The van der Waals surface area contributed by atoms with Crippen molar-refractivity contribution < 1.29 is 19.1 Å². The molecular formula is C20H24N6O4S. The highest BCUT2D eigenvalue weighted by Crippen LogP contribution is 2.30. The lowest BCUT2D eigenvalue weighted by atomic mass is 9.95. The zero-order valence-electron chi connectivity index (χ0n) is 17.1. The van der Waals surface area contributed by atoms with Crippen LogP contribution in [-0.4, -0.2) is 57.3 Å². The van der Waals surface area contributed by atoms with E-state index in [9.17, 15) is 9.59 Å². The van der Waals surface area contributed by atoms with Crippen LogP contribution in [0.5, 0.6) is 0 Å². The molecule has 3 heterocycles. The van der Waals surface area contributed by atoms with Crippen molar-refractivity contribution in [2.24, 2.45) is 0 Å². The molecule has 11 heteroatoms. The molecule has 2 amide bonds. The van der Waals surface area contributed by atoms with Crippen LogP contribution in [0.15, 0.2) is 46.8 Å². The SMILES string of the molecule is CCOC(=O)C1=C(CSc2nnnn2C[C@@H]2CCCO2)NC(=O)N[C@@H]1c1ccccc1. The average molecular weight is 445 g/mol. The molecule has 2 aromatic rings. The zero-order valence-corrected chi connectivity index (χ0v) is 17.9. The van der Waals surface area contributed by atoms with Crippen LogP contribution >= 0.6 is 11.8 Å². The van der Waals surface area contributed by atoms with Crippen LogP contribution in [-0.2, 0) is 20.8 Å². The Morgan fingerprint density at radius 2 is 2.19 bits per heavy atom. The minimum Gasteiger partial charge on any atom is -0.463 e. The summed E-state index contributed by atoms with van der Waals surface area (Å²) < 4.78 is 12.7. The number of nitrogens with one attached hydrogen (secondary N) is 2. The summed E-state index contributed by atoms with van der Waals surface area (Å²) in [7, 11) is 0. The number of carbonyl (C=O) groups excluding carboxylic acids is 2. The Hall–Kier alpha value is -2.92. The van der Waals surface area contributed by atoms with Gasteiger partial charge in [-0.05, 0) is 35.8 Å². The summed E-state index contributed by atoms with van der Waals surface area (Å²) in [4.78, 5) is 25.2. The molecule has 1 aromatic heterocycles. The van der Waals surface area contributed by atoms with Gasteiger partial charge >= 0.3 is 12.0 Å². The Balaban J connectivity index is 1.58. The highest BCUT2D eigenvalue weighted by Gasteiger charge is 2.34. The number of hydrogen-bond acceptors (Lipinski definition) is 8. The summed E-state index contributed by atoms with van der Waals surface area (Å²) in [6, 6.07) is 8.35. The third-order valence-corrected chi connectivity index (χ3v) is 6.01. The van der Waals surface area contributed by atoms with E-state index in [1.807, 2.05) is 30.3 Å². The summed E-state index contributed by atoms with van der Waals surface area (Å²) in [6.45, 7) is 3.31. The molecule has 2 aliphatic rings. The van der Waals surface area contributed by atoms with Crippen LogP contribution in [0.3, 0.4) is 0 Å². The van der Waals surface area contributed by atoms with E-state index in [4.69, 9.17) is 9.47 Å². The van der Waals surface area contributed by atoms with E-state index in [0.717, 1.165) is 25.0 Å². The lowest BCUT2D eigenvalue weighted by Crippen LogP contribution is -2.46. The second-order valence-electron chi connectivity index (χ2n) is 7.12. The molecule has 2 aliphatic heterocycles. The van der Waals surface area contributed by atoms with Gasteiger partial charge in [0.2, 0.25) is 5.16 Å². The van der Waals surface area contributed by atoms with Gasteiger partial charge in [-0.25, -0.2) is 14.3 Å². The molecule has 2 N–H and O–H groups in total. The quantitative estimate of drug-likeness (QED) is 0.467. The monoisotopic (exact) mass is 444 g/mol. The van der Waals surface area contributed by atoms with Crippen LogP contribution in [0.1, 0.15) is 31.4 Å². The fourth-order valence-electron chi connectivity index (χ4n) is 3.61. The van der Waals surface area contributed by atoms with Crippen LogP contribution in [0.2, 0.25) is 0 Å². The number of urea groups is 1. The smallest absolute Gasteiger partial charge is 0.338 e. The van der Waals surface area contributed by atoms with E-state index in [-0.39, 0.29) is 18.7 Å². The second kappa shape index (κ2) is 9.92. The van der Waals surface area contributed by atoms with E-state index in [1.54, 1.807) is 11.6 Å². The van der Waals surface area contributed by atoms with Crippen molar-refractivity contribution >= 4 is 23.8 Å². The summed E-state index contributed by atoms with van der Waals surface area (Å²) in [5.74, 6) is -0.171. The minimum atomic E-state index is -0.604. The van der Waals surface area contributed by atoms with Crippen molar-refractivity contribution in [1.29, 1.82) is 0 Å². The molecule has 2 atom stereocenters. The Bertz CT molecular complexity index is 958. The molecule has 0 aliphatic carbocycles. The normalized spacial score (nSPS) is 21.0. The maximum absolute atomic E-state index is 12.8. The molecular weight excluding hydrogens is 420 g/mol. The molecule has 1 saturated heterocycles. The van der Waals surface area contributed by atoms with Gasteiger partial charge < -0.3 is 20.1 Å². The first-order chi connectivity index (χ1) is 15.2. The molecule has 10 nitrogen and oxygen atoms in total. The van der Waals surface area contributed by atoms with Crippen molar-refractivity contribution in [2.75, 3.05) is 19.0 Å². The van der Waals surface area contributed by atoms with Crippen molar-refractivity contribution in [3.05, 3.63) is 47.2 Å². The highest BCUT2D eigenvalue weighted by molar-refractivity contribution is 7.99. The molecule has 0 unspecified atom stereocenters. The Kier molecular flexibility index (Phi) is 6.82. The van der Waals surface area contributed by atoms with Crippen molar-refractivity contribution in [2.45, 2.75) is 43.6 Å². The fourth-order valence-corrected chi connectivity index (χ4v) is 4.46. The number of rotatable bonds is 8. The van der Waals surface area contributed by atoms with E-state index >= 15 is 0 Å². The molecule has 0 radical (unpaired) electrons. The number of ether oxygens (including phenoxy) is 2. The molecule has 0 saturated carbocycles. The van der Waals surface area contributed by atoms with Gasteiger partial charge in [0.1, 0.15) is 0 Å². The fraction of sp³-hybridized carbons (Fsp3) is 0.450. The number of esters is 1. The number of thioether (sulfide) groups is 1. The Morgan fingerprint density at radius 3 is 2.94 bits per heavy atom. The van der Waals surface area contributed by atoms with Crippen LogP contribution < -0.4 is 10.6 Å². The number of benzene rings is 1. The van der Waals surface area contributed by atoms with Crippen LogP contribution in [0, 0.1) is 0 Å². The lowest BCUT2D eigenvalue weighted by Gasteiger charge is -2.29. The molecule has 0 bridgehead atoms. The summed E-state index contributed by atoms with van der Waals surface area (Å²) in [5, 5.41) is 18.1. The maximum atomic E-state index is 12.8. The maximum Gasteiger partial charge on any atom is 0.338 e. The molecule has 4 rings (SSSR count). The number of nitrogens with zero attached hydrogens (tertiary/aromatic N) is 4. The minimum absolute atomic E-state index is 0.0956. The summed E-state index contributed by atoms with van der Waals surface area (Å²) in [6.07, 6.45) is 2.10. The van der Waals surface area contributed by atoms with Gasteiger partial charge in [-0.3, -0.25) is 0 Å². The van der Waals surface area contributed by atoms with Crippen molar-refractivity contribution in [1.82, 2.24) is 30.8 Å². The van der Waals surface area contributed by atoms with Gasteiger partial charge in [-0.1, -0.05) is 42.1 Å². The lowest BCUT2D eigenvalue weighted by molar-refractivity contribution is -0.139. The van der Waals surface area contributed by atoms with Crippen molar-refractivity contribution in [3.63, 3.8) is 0 Å². The molecule has 164 valence electrons. The number of carbonyl (C=O) groups is 2. The van der Waals surface area contributed by atoms with Gasteiger partial charge in [-0.2, -0.15) is 0 Å². The zero-order chi connectivity index (χ0) is 21.6. The first kappa shape index (κ1) is 21.3. The molecule has 1 fully saturated rings. The predicted octanol–water partition coefficient (Wildman–Crippen LogP) is 1.82. The van der Waals surface area contributed by atoms with E-state index in [0.29, 0.717) is 28.7 Å². The van der Waals surface area contributed by atoms with E-state index in [1.165, 1.54) is 11.8 Å². The summed E-state index contributed by atoms with van der Waals surface area (Å²) >= 11 is 1.35. The van der Waals surface area contributed by atoms with Crippen molar-refractivity contribution in [3.8, 4) is 0 Å². The first-order valence-corrected chi connectivity index (χ1v) is 11.2. The van der Waals surface area contributed by atoms with Gasteiger partial charge in [0.05, 0.1) is 30.9 Å². The number of aromatic nitrogens is 4. The van der Waals surface area contributed by atoms with Gasteiger partial charge in [-0.15, -0.1) is 5.10 Å². The Labute approximate surface area is 183 Å². The van der Waals surface area contributed by atoms with E-state index in [2.05, 4.69) is 26.2 Å². The van der Waals surface area contributed by atoms with E-state index < -0.39 is 12.0 Å². The predicted molar refractivity (Wildman–Crippen MR) is 112 cm³/mol. The number of hydrogen-bond donors (Lipinski definition) is 2. The summed E-state index contributed by atoms with van der Waals surface area (Å²) in [5.41, 5.74) is 1.65. The third-order valence-electron chi connectivity index (χ3n) is 5.03. The molecule has 31 heavy (non-hydrogen) atoms. The number of tetrazole rings is 1. The second-order valence-corrected chi connectivity index (χ2v) is 8.06. The standard InChI is InChI=1S/C20H24N6O4S/c1-2-29-18(27)16-15(21-19(28)22-17(16)13-7-4-3-5-8-13)12-31-20-23-24-25-26(20)11-14-9-6-10-30-14/h3-5,7-8,14,17H,2,6,9-12H2,1H3,(H2,21,22,28)/t14-,17+/m0/s1. The van der Waals surface area contributed by atoms with Gasteiger partial charge in [0, 0.05) is 18.1 Å². The van der Waals surface area contributed by atoms with Gasteiger partial charge in [0.15, 0.2) is 0 Å². The molecule has 1 aromatic carbocycles. The molecule has 0 spiro atoms. The largest absolute Gasteiger partial charge is 0.463 e. The third kappa shape index (κ3) is 5.05. The average Bonchev–Trinajstić information content (AvgIpc) is 3.45. The van der Waals surface area contributed by atoms with Crippen LogP contribution in [0.25, 0.3) is 0 Å². The topological polar surface area (TPSA) is 120 Å².